The molecular formula is C18H23N3O6. The fourth-order valence-electron chi connectivity index (χ4n) is 4.05. The maximum Gasteiger partial charge on any atom is 0.326 e. The van der Waals surface area contributed by atoms with E-state index < -0.39 is 30.6 Å². The largest absolute Gasteiger partial charge is 0.451 e. The molecule has 2 N–H and O–H groups in total. The molecule has 1 heterocycles. The number of allylic oxidation sites excluding steroid dienone is 2. The third-order valence-corrected chi connectivity index (χ3v) is 5.18. The number of rotatable bonds is 5. The minimum Gasteiger partial charge on any atom is -0.451 e. The Bertz CT molecular complexity index is 701. The van der Waals surface area contributed by atoms with Crippen LogP contribution in [0.25, 0.3) is 0 Å². The molecule has 5 atom stereocenters. The van der Waals surface area contributed by atoms with Gasteiger partial charge in [0.15, 0.2) is 6.10 Å². The maximum absolute atomic E-state index is 12.5. The summed E-state index contributed by atoms with van der Waals surface area (Å²) in [6.07, 6.45) is 3.50. The predicted molar refractivity (Wildman–Crippen MR) is 91.8 cm³/mol. The van der Waals surface area contributed by atoms with Crippen molar-refractivity contribution >= 4 is 29.7 Å². The first-order valence-corrected chi connectivity index (χ1v) is 9.03. The summed E-state index contributed by atoms with van der Waals surface area (Å²) in [6.45, 7) is 4.24. The summed E-state index contributed by atoms with van der Waals surface area (Å²) >= 11 is 0. The lowest BCUT2D eigenvalue weighted by Gasteiger charge is -2.18. The minimum atomic E-state index is -1.24. The molecule has 0 aromatic rings. The summed E-state index contributed by atoms with van der Waals surface area (Å²) in [6, 6.07) is -0.856. The quantitative estimate of drug-likeness (QED) is 0.394. The van der Waals surface area contributed by atoms with Crippen molar-refractivity contribution in [3.63, 3.8) is 0 Å². The Morgan fingerprint density at radius 1 is 1.11 bits per heavy atom. The fraction of sp³-hybridized carbons (Fsp3) is 0.611. The van der Waals surface area contributed by atoms with E-state index in [1.54, 1.807) is 13.8 Å². The highest BCUT2D eigenvalue weighted by atomic mass is 16.5. The molecule has 2 fully saturated rings. The monoisotopic (exact) mass is 377 g/mol. The van der Waals surface area contributed by atoms with Crippen molar-refractivity contribution < 1.29 is 28.7 Å². The van der Waals surface area contributed by atoms with Crippen LogP contribution in [0.5, 0.6) is 0 Å². The van der Waals surface area contributed by atoms with Crippen LogP contribution in [0.2, 0.25) is 0 Å². The number of urea groups is 1. The molecular weight excluding hydrogens is 354 g/mol. The van der Waals surface area contributed by atoms with E-state index in [0.717, 1.165) is 11.3 Å². The molecule has 5 amide bonds. The number of fused-ring (bicyclic) bond motifs is 5. The van der Waals surface area contributed by atoms with Crippen LogP contribution in [-0.2, 0) is 23.9 Å². The first-order valence-electron chi connectivity index (χ1n) is 9.03. The Hall–Kier alpha value is -2.71. The van der Waals surface area contributed by atoms with Crippen LogP contribution in [0, 0.1) is 23.7 Å². The van der Waals surface area contributed by atoms with Crippen LogP contribution in [0.4, 0.5) is 4.79 Å². The van der Waals surface area contributed by atoms with Gasteiger partial charge in [-0.05, 0) is 39.0 Å². The second-order valence-corrected chi connectivity index (χ2v) is 7.51. The third-order valence-electron chi connectivity index (χ3n) is 5.18. The van der Waals surface area contributed by atoms with Crippen molar-refractivity contribution in [3.8, 4) is 0 Å². The zero-order valence-corrected chi connectivity index (χ0v) is 15.4. The second kappa shape index (κ2) is 7.13. The van der Waals surface area contributed by atoms with Crippen LogP contribution in [0.1, 0.15) is 27.2 Å². The van der Waals surface area contributed by atoms with E-state index in [-0.39, 0.29) is 41.5 Å². The lowest BCUT2D eigenvalue weighted by molar-refractivity contribution is -0.159. The molecule has 1 saturated heterocycles. The molecule has 9 heteroatoms. The lowest BCUT2D eigenvalue weighted by atomic mass is 9.85. The van der Waals surface area contributed by atoms with E-state index in [4.69, 9.17) is 4.74 Å². The van der Waals surface area contributed by atoms with Gasteiger partial charge in [-0.2, -0.15) is 0 Å². The predicted octanol–water partition coefficient (Wildman–Crippen LogP) is -0.0406. The summed E-state index contributed by atoms with van der Waals surface area (Å²) < 4.78 is 4.98. The fourth-order valence-corrected chi connectivity index (χ4v) is 4.05. The van der Waals surface area contributed by atoms with Gasteiger partial charge in [-0.15, -0.1) is 0 Å². The number of esters is 1. The van der Waals surface area contributed by atoms with Crippen molar-refractivity contribution in [2.24, 2.45) is 23.7 Å². The molecule has 0 unspecified atom stereocenters. The Morgan fingerprint density at radius 3 is 2.19 bits per heavy atom. The molecule has 2 bridgehead atoms. The highest BCUT2D eigenvalue weighted by molar-refractivity contribution is 6.08. The maximum atomic E-state index is 12.5. The summed E-state index contributed by atoms with van der Waals surface area (Å²) in [5, 5.41) is 4.53. The molecule has 27 heavy (non-hydrogen) atoms. The summed E-state index contributed by atoms with van der Waals surface area (Å²) in [7, 11) is 0. The first-order chi connectivity index (χ1) is 12.7. The number of carbonyl (C=O) groups excluding carboxylic acids is 5. The van der Waals surface area contributed by atoms with E-state index in [9.17, 15) is 24.0 Å². The van der Waals surface area contributed by atoms with Crippen LogP contribution in [0.15, 0.2) is 12.2 Å². The molecule has 146 valence electrons. The zero-order valence-electron chi connectivity index (χ0n) is 15.4. The minimum absolute atomic E-state index is 0.0571. The highest BCUT2D eigenvalue weighted by Crippen LogP contribution is 2.52. The third kappa shape index (κ3) is 3.58. The van der Waals surface area contributed by atoms with Gasteiger partial charge in [0.05, 0.1) is 11.8 Å². The number of hydrogen-bond acceptors (Lipinski definition) is 6. The van der Waals surface area contributed by atoms with E-state index in [0.29, 0.717) is 0 Å². The summed E-state index contributed by atoms with van der Waals surface area (Å²) in [5.74, 6) is -3.03. The molecule has 9 nitrogen and oxygen atoms in total. The van der Waals surface area contributed by atoms with Gasteiger partial charge in [0.25, 0.3) is 5.91 Å². The molecule has 1 aliphatic heterocycles. The van der Waals surface area contributed by atoms with Crippen LogP contribution in [-0.4, -0.2) is 53.3 Å². The SMILES string of the molecule is CC(C)NC(=O)NC(=O)[C@H](C)OC(=O)CN1C(=O)[C@H]2[C@H](C1=O)[C@H]1C=C[C@H]2C1. The Kier molecular flexibility index (Phi) is 5.03. The van der Waals surface area contributed by atoms with Crippen molar-refractivity contribution in [3.05, 3.63) is 12.2 Å². The van der Waals surface area contributed by atoms with Gasteiger partial charge in [0.2, 0.25) is 11.8 Å². The second-order valence-electron chi connectivity index (χ2n) is 7.51. The van der Waals surface area contributed by atoms with Crippen LogP contribution >= 0.6 is 0 Å². The van der Waals surface area contributed by atoms with Crippen molar-refractivity contribution in [2.75, 3.05) is 6.54 Å². The number of hydrogen-bond donors (Lipinski definition) is 2. The molecule has 0 aromatic carbocycles. The number of ether oxygens (including phenoxy) is 1. The van der Waals surface area contributed by atoms with Gasteiger partial charge < -0.3 is 10.1 Å². The Labute approximate surface area is 156 Å². The lowest BCUT2D eigenvalue weighted by Crippen LogP contribution is -2.47. The smallest absolute Gasteiger partial charge is 0.326 e. The highest BCUT2D eigenvalue weighted by Gasteiger charge is 2.59. The van der Waals surface area contributed by atoms with E-state index in [1.807, 2.05) is 12.2 Å². The number of nitrogens with zero attached hydrogens (tertiary/aromatic N) is 1. The molecule has 2 aliphatic carbocycles. The molecule has 0 aromatic heterocycles. The van der Waals surface area contributed by atoms with E-state index in [1.165, 1.54) is 6.92 Å². The molecule has 0 spiro atoms. The van der Waals surface area contributed by atoms with Crippen LogP contribution in [0.3, 0.4) is 0 Å². The Balaban J connectivity index is 1.52. The molecule has 0 radical (unpaired) electrons. The van der Waals surface area contributed by atoms with Gasteiger partial charge in [-0.3, -0.25) is 29.4 Å². The van der Waals surface area contributed by atoms with Gasteiger partial charge >= 0.3 is 12.0 Å². The normalized spacial score (nSPS) is 29.1. The van der Waals surface area contributed by atoms with Crippen molar-refractivity contribution in [1.29, 1.82) is 0 Å². The first kappa shape index (κ1) is 19.1. The van der Waals surface area contributed by atoms with Gasteiger partial charge in [0, 0.05) is 6.04 Å². The van der Waals surface area contributed by atoms with Crippen molar-refractivity contribution in [1.82, 2.24) is 15.5 Å². The number of likely N-dealkylation sites (tertiary alicyclic amines) is 1. The average molecular weight is 377 g/mol. The molecule has 1 saturated carbocycles. The number of amides is 5. The summed E-state index contributed by atoms with van der Waals surface area (Å²) in [5.41, 5.74) is 0. The van der Waals surface area contributed by atoms with Crippen LogP contribution < -0.4 is 10.6 Å². The number of carbonyl (C=O) groups is 5. The topological polar surface area (TPSA) is 122 Å². The average Bonchev–Trinajstić information content (AvgIpc) is 3.23. The molecule has 3 rings (SSSR count). The van der Waals surface area contributed by atoms with Crippen molar-refractivity contribution in [2.45, 2.75) is 39.3 Å². The van der Waals surface area contributed by atoms with Gasteiger partial charge in [0.1, 0.15) is 6.54 Å². The van der Waals surface area contributed by atoms with E-state index in [2.05, 4.69) is 10.6 Å². The van der Waals surface area contributed by atoms with Gasteiger partial charge in [-0.25, -0.2) is 4.79 Å². The summed E-state index contributed by atoms with van der Waals surface area (Å²) in [4.78, 5) is 61.5. The zero-order chi connectivity index (χ0) is 19.9. The van der Waals surface area contributed by atoms with Gasteiger partial charge in [-0.1, -0.05) is 12.2 Å². The number of imide groups is 2. The Morgan fingerprint density at radius 2 is 1.67 bits per heavy atom. The standard InChI is InChI=1S/C18H23N3O6/c1-8(2)19-18(26)20-15(23)9(3)27-12(22)7-21-16(24)13-10-4-5-11(6-10)14(13)17(21)25/h4-5,8-11,13-14H,6-7H2,1-3H3,(H2,19,20,23,26)/t9-,10-,11-,13+,14+/m0/s1. The molecule has 3 aliphatic rings. The van der Waals surface area contributed by atoms with E-state index >= 15 is 0 Å². The number of nitrogens with one attached hydrogen (secondary N) is 2.